The number of phenolic OH excluding ortho intramolecular Hbond substituents is 1. The minimum atomic E-state index is -0.335. The summed E-state index contributed by atoms with van der Waals surface area (Å²) in [4.78, 5) is 1.04. The van der Waals surface area contributed by atoms with E-state index in [-0.39, 0.29) is 17.1 Å². The van der Waals surface area contributed by atoms with E-state index in [1.807, 2.05) is 42.5 Å². The summed E-state index contributed by atoms with van der Waals surface area (Å²) in [5.74, 6) is 0.259. The first-order valence-corrected chi connectivity index (χ1v) is 7.16. The van der Waals surface area contributed by atoms with Crippen LogP contribution in [0.25, 0.3) is 0 Å². The van der Waals surface area contributed by atoms with E-state index in [1.54, 1.807) is 23.9 Å². The summed E-state index contributed by atoms with van der Waals surface area (Å²) in [6.45, 7) is 2.16. The Hall–Kier alpha value is -1.45. The van der Waals surface area contributed by atoms with Gasteiger partial charge in [0.2, 0.25) is 0 Å². The topological polar surface area (TPSA) is 40.5 Å². The van der Waals surface area contributed by atoms with Crippen LogP contribution in [0.1, 0.15) is 18.9 Å². The number of rotatable bonds is 5. The van der Waals surface area contributed by atoms with Crippen LogP contribution in [-0.2, 0) is 4.75 Å². The molecule has 0 aromatic heterocycles. The van der Waals surface area contributed by atoms with Crippen molar-refractivity contribution in [2.75, 3.05) is 6.61 Å². The lowest BCUT2D eigenvalue weighted by molar-refractivity contribution is 0.245. The molecule has 0 radical (unpaired) electrons. The van der Waals surface area contributed by atoms with Gasteiger partial charge in [-0.1, -0.05) is 37.3 Å². The van der Waals surface area contributed by atoms with Crippen LogP contribution >= 0.6 is 11.8 Å². The van der Waals surface area contributed by atoms with E-state index in [2.05, 4.69) is 6.92 Å². The number of aliphatic hydroxyl groups excluding tert-OH is 1. The fourth-order valence-corrected chi connectivity index (χ4v) is 3.24. The summed E-state index contributed by atoms with van der Waals surface area (Å²) >= 11 is 1.64. The molecule has 0 aliphatic heterocycles. The highest BCUT2D eigenvalue weighted by atomic mass is 32.2. The standard InChI is InChI=1S/C16H18O2S/c1-2-16(12-17,13-6-4-3-5-7-13)19-15-10-8-14(18)9-11-15/h3-11,17-18H,2,12H2,1H3. The third-order valence-electron chi connectivity index (χ3n) is 3.28. The Labute approximate surface area is 118 Å². The maximum atomic E-state index is 9.88. The molecule has 2 nitrogen and oxygen atoms in total. The molecule has 0 saturated heterocycles. The zero-order valence-electron chi connectivity index (χ0n) is 10.9. The van der Waals surface area contributed by atoms with Crippen LogP contribution in [0.2, 0.25) is 0 Å². The van der Waals surface area contributed by atoms with Gasteiger partial charge in [0.25, 0.3) is 0 Å². The van der Waals surface area contributed by atoms with Gasteiger partial charge in [-0.15, -0.1) is 11.8 Å². The van der Waals surface area contributed by atoms with E-state index >= 15 is 0 Å². The van der Waals surface area contributed by atoms with E-state index in [4.69, 9.17) is 0 Å². The van der Waals surface area contributed by atoms with Gasteiger partial charge in [-0.3, -0.25) is 0 Å². The third kappa shape index (κ3) is 3.11. The van der Waals surface area contributed by atoms with Gasteiger partial charge < -0.3 is 10.2 Å². The molecule has 1 atom stereocenters. The number of benzene rings is 2. The van der Waals surface area contributed by atoms with Gasteiger partial charge in [0.15, 0.2) is 0 Å². The largest absolute Gasteiger partial charge is 0.508 e. The van der Waals surface area contributed by atoms with Crippen LogP contribution in [0.3, 0.4) is 0 Å². The van der Waals surface area contributed by atoms with Crippen molar-refractivity contribution in [3.8, 4) is 5.75 Å². The summed E-state index contributed by atoms with van der Waals surface area (Å²) in [7, 11) is 0. The van der Waals surface area contributed by atoms with Crippen molar-refractivity contribution < 1.29 is 10.2 Å². The van der Waals surface area contributed by atoms with E-state index < -0.39 is 0 Å². The van der Waals surface area contributed by atoms with E-state index in [1.165, 1.54) is 0 Å². The van der Waals surface area contributed by atoms with Crippen LogP contribution in [0.5, 0.6) is 5.75 Å². The minimum absolute atomic E-state index is 0.0824. The van der Waals surface area contributed by atoms with Crippen molar-refractivity contribution in [3.63, 3.8) is 0 Å². The maximum absolute atomic E-state index is 9.88. The number of phenols is 1. The van der Waals surface area contributed by atoms with E-state index in [9.17, 15) is 10.2 Å². The highest BCUT2D eigenvalue weighted by molar-refractivity contribution is 8.00. The fourth-order valence-electron chi connectivity index (χ4n) is 2.05. The first-order chi connectivity index (χ1) is 9.20. The van der Waals surface area contributed by atoms with Crippen LogP contribution in [-0.4, -0.2) is 16.8 Å². The van der Waals surface area contributed by atoms with E-state index in [0.717, 1.165) is 16.9 Å². The molecule has 2 aromatic rings. The lowest BCUT2D eigenvalue weighted by Crippen LogP contribution is -2.25. The van der Waals surface area contributed by atoms with Gasteiger partial charge in [0.1, 0.15) is 5.75 Å². The number of hydrogen-bond acceptors (Lipinski definition) is 3. The third-order valence-corrected chi connectivity index (χ3v) is 4.83. The van der Waals surface area contributed by atoms with Gasteiger partial charge in [0, 0.05) is 4.90 Å². The zero-order valence-corrected chi connectivity index (χ0v) is 11.7. The number of aliphatic hydroxyl groups is 1. The summed E-state index contributed by atoms with van der Waals surface area (Å²) in [5, 5.41) is 19.2. The maximum Gasteiger partial charge on any atom is 0.115 e. The second kappa shape index (κ2) is 6.13. The average molecular weight is 274 g/mol. The van der Waals surface area contributed by atoms with Crippen molar-refractivity contribution in [2.24, 2.45) is 0 Å². The van der Waals surface area contributed by atoms with Crippen molar-refractivity contribution in [2.45, 2.75) is 23.0 Å². The summed E-state index contributed by atoms with van der Waals surface area (Å²) in [6, 6.07) is 17.2. The fraction of sp³-hybridized carbons (Fsp3) is 0.250. The Morgan fingerprint density at radius 3 is 2.16 bits per heavy atom. The molecular formula is C16H18O2S. The molecule has 0 amide bonds. The molecule has 0 heterocycles. The van der Waals surface area contributed by atoms with Gasteiger partial charge in [-0.25, -0.2) is 0 Å². The number of aromatic hydroxyl groups is 1. The van der Waals surface area contributed by atoms with Crippen molar-refractivity contribution in [1.29, 1.82) is 0 Å². The average Bonchev–Trinajstić information content (AvgIpc) is 2.48. The molecule has 2 aromatic carbocycles. The number of thioether (sulfide) groups is 1. The normalized spacial score (nSPS) is 14.0. The van der Waals surface area contributed by atoms with Gasteiger partial charge >= 0.3 is 0 Å². The second-order valence-electron chi connectivity index (χ2n) is 4.47. The Kier molecular flexibility index (Phi) is 4.51. The Bertz CT molecular complexity index is 504. The smallest absolute Gasteiger partial charge is 0.115 e. The van der Waals surface area contributed by atoms with Crippen molar-refractivity contribution in [3.05, 3.63) is 60.2 Å². The minimum Gasteiger partial charge on any atom is -0.508 e. The molecule has 0 fully saturated rings. The van der Waals surface area contributed by atoms with Crippen LogP contribution in [0.4, 0.5) is 0 Å². The monoisotopic (exact) mass is 274 g/mol. The molecule has 0 saturated carbocycles. The summed E-state index contributed by atoms with van der Waals surface area (Å²) in [5.41, 5.74) is 1.12. The molecule has 1 unspecified atom stereocenters. The molecule has 2 rings (SSSR count). The molecular weight excluding hydrogens is 256 g/mol. The zero-order chi connectivity index (χ0) is 13.7. The van der Waals surface area contributed by atoms with Crippen LogP contribution < -0.4 is 0 Å². The van der Waals surface area contributed by atoms with Crippen molar-refractivity contribution in [1.82, 2.24) is 0 Å². The molecule has 0 aliphatic rings. The Morgan fingerprint density at radius 2 is 1.63 bits per heavy atom. The Balaban J connectivity index is 2.32. The van der Waals surface area contributed by atoms with Gasteiger partial charge in [-0.05, 0) is 36.2 Å². The highest BCUT2D eigenvalue weighted by Crippen LogP contribution is 2.43. The molecule has 0 bridgehead atoms. The van der Waals surface area contributed by atoms with Crippen LogP contribution in [0, 0.1) is 0 Å². The van der Waals surface area contributed by atoms with Crippen molar-refractivity contribution >= 4 is 11.8 Å². The number of hydrogen-bond donors (Lipinski definition) is 2. The SMILES string of the molecule is CCC(CO)(Sc1ccc(O)cc1)c1ccccc1. The quantitative estimate of drug-likeness (QED) is 0.815. The molecule has 3 heteroatoms. The van der Waals surface area contributed by atoms with Crippen LogP contribution in [0.15, 0.2) is 59.5 Å². The first kappa shape index (κ1) is 14.0. The summed E-state index contributed by atoms with van der Waals surface area (Å²) in [6.07, 6.45) is 0.832. The molecule has 19 heavy (non-hydrogen) atoms. The predicted octanol–water partition coefficient (Wildman–Crippen LogP) is 3.78. The highest BCUT2D eigenvalue weighted by Gasteiger charge is 2.30. The first-order valence-electron chi connectivity index (χ1n) is 6.34. The summed E-state index contributed by atoms with van der Waals surface area (Å²) < 4.78 is -0.335. The predicted molar refractivity (Wildman–Crippen MR) is 79.5 cm³/mol. The molecule has 0 aliphatic carbocycles. The van der Waals surface area contributed by atoms with Gasteiger partial charge in [-0.2, -0.15) is 0 Å². The lowest BCUT2D eigenvalue weighted by Gasteiger charge is -2.30. The molecule has 100 valence electrons. The second-order valence-corrected chi connectivity index (χ2v) is 5.92. The molecule has 0 spiro atoms. The van der Waals surface area contributed by atoms with Gasteiger partial charge in [0.05, 0.1) is 11.4 Å². The Morgan fingerprint density at radius 1 is 1.00 bits per heavy atom. The molecule has 2 N–H and O–H groups in total. The van der Waals surface area contributed by atoms with E-state index in [0.29, 0.717) is 0 Å². The lowest BCUT2D eigenvalue weighted by atomic mass is 9.96.